The summed E-state index contributed by atoms with van der Waals surface area (Å²) in [5.41, 5.74) is -0.449. The highest BCUT2D eigenvalue weighted by molar-refractivity contribution is 7.99. The zero-order valence-corrected chi connectivity index (χ0v) is 19.7. The molecule has 0 unspecified atom stereocenters. The Labute approximate surface area is 175 Å². The SMILES string of the molecule is CN=C(NCC(C)(C)SC)N1CCC(N(CC2CC2)C(=O)OC(C)(C)C)CC1. The van der Waals surface area contributed by atoms with Gasteiger partial charge >= 0.3 is 6.09 Å². The van der Waals surface area contributed by atoms with Crippen LogP contribution in [0.1, 0.15) is 60.3 Å². The molecule has 1 saturated heterocycles. The second-order valence-corrected chi connectivity index (χ2v) is 11.2. The summed E-state index contributed by atoms with van der Waals surface area (Å²) < 4.78 is 5.87. The monoisotopic (exact) mass is 412 g/mol. The van der Waals surface area contributed by atoms with Crippen molar-refractivity contribution in [3.63, 3.8) is 0 Å². The highest BCUT2D eigenvalue weighted by Crippen LogP contribution is 2.32. The molecule has 1 aliphatic carbocycles. The van der Waals surface area contributed by atoms with E-state index in [9.17, 15) is 4.79 Å². The normalized spacial score (nSPS) is 19.5. The molecule has 0 spiro atoms. The van der Waals surface area contributed by atoms with Crippen LogP contribution in [0, 0.1) is 5.92 Å². The molecule has 0 radical (unpaired) electrons. The van der Waals surface area contributed by atoms with Crippen molar-refractivity contribution in [2.24, 2.45) is 10.9 Å². The van der Waals surface area contributed by atoms with Gasteiger partial charge in [-0.25, -0.2) is 4.79 Å². The van der Waals surface area contributed by atoms with Crippen molar-refractivity contribution in [2.45, 2.75) is 76.7 Å². The summed E-state index contributed by atoms with van der Waals surface area (Å²) in [5.74, 6) is 1.63. The van der Waals surface area contributed by atoms with E-state index in [2.05, 4.69) is 35.3 Å². The van der Waals surface area contributed by atoms with Crippen molar-refractivity contribution in [1.29, 1.82) is 0 Å². The number of carbonyl (C=O) groups excluding carboxylic acids is 1. The van der Waals surface area contributed by atoms with E-state index in [4.69, 9.17) is 4.74 Å². The second kappa shape index (κ2) is 9.59. The van der Waals surface area contributed by atoms with Crippen molar-refractivity contribution in [3.8, 4) is 0 Å². The van der Waals surface area contributed by atoms with Gasteiger partial charge in [-0.2, -0.15) is 11.8 Å². The molecule has 2 fully saturated rings. The van der Waals surface area contributed by atoms with Gasteiger partial charge in [0.2, 0.25) is 0 Å². The van der Waals surface area contributed by atoms with E-state index < -0.39 is 5.60 Å². The van der Waals surface area contributed by atoms with Crippen LogP contribution in [0.15, 0.2) is 4.99 Å². The van der Waals surface area contributed by atoms with Gasteiger partial charge in [0.1, 0.15) is 5.60 Å². The number of aliphatic imine (C=N–C) groups is 1. The number of carbonyl (C=O) groups is 1. The van der Waals surface area contributed by atoms with E-state index in [0.29, 0.717) is 5.92 Å². The fourth-order valence-electron chi connectivity index (χ4n) is 3.36. The third-order valence-corrected chi connectivity index (χ3v) is 6.67. The van der Waals surface area contributed by atoms with Gasteiger partial charge in [-0.3, -0.25) is 4.99 Å². The number of thioether (sulfide) groups is 1. The average Bonchev–Trinajstić information content (AvgIpc) is 3.43. The van der Waals surface area contributed by atoms with E-state index in [-0.39, 0.29) is 16.9 Å². The highest BCUT2D eigenvalue weighted by atomic mass is 32.2. The first-order valence-electron chi connectivity index (χ1n) is 10.5. The minimum atomic E-state index is -0.449. The molecular formula is C21H40N4O2S. The first-order valence-corrected chi connectivity index (χ1v) is 11.8. The first kappa shape index (κ1) is 23.2. The van der Waals surface area contributed by atoms with Gasteiger partial charge in [-0.1, -0.05) is 0 Å². The van der Waals surface area contributed by atoms with Crippen LogP contribution < -0.4 is 5.32 Å². The Balaban J connectivity index is 1.92. The maximum atomic E-state index is 12.8. The zero-order valence-electron chi connectivity index (χ0n) is 18.9. The van der Waals surface area contributed by atoms with E-state index >= 15 is 0 Å². The number of nitrogens with zero attached hydrogens (tertiary/aromatic N) is 3. The summed E-state index contributed by atoms with van der Waals surface area (Å²) in [6.07, 6.45) is 6.38. The maximum Gasteiger partial charge on any atom is 0.410 e. The Hall–Kier alpha value is -1.11. The summed E-state index contributed by atoms with van der Waals surface area (Å²) in [7, 11) is 1.85. The number of amides is 1. The molecule has 6 nitrogen and oxygen atoms in total. The highest BCUT2D eigenvalue weighted by Gasteiger charge is 2.35. The van der Waals surface area contributed by atoms with Gasteiger partial charge in [0.25, 0.3) is 0 Å². The van der Waals surface area contributed by atoms with Crippen LogP contribution in [0.5, 0.6) is 0 Å². The topological polar surface area (TPSA) is 57.2 Å². The molecule has 2 aliphatic rings. The predicted octanol–water partition coefficient (Wildman–Crippen LogP) is 3.81. The van der Waals surface area contributed by atoms with Crippen molar-refractivity contribution in [2.75, 3.05) is 39.5 Å². The number of guanidine groups is 1. The van der Waals surface area contributed by atoms with Gasteiger partial charge in [0, 0.05) is 44.0 Å². The molecule has 2 rings (SSSR count). The molecule has 1 amide bonds. The summed E-state index contributed by atoms with van der Waals surface area (Å²) >= 11 is 1.86. The Morgan fingerprint density at radius 3 is 2.25 bits per heavy atom. The van der Waals surface area contributed by atoms with Crippen molar-refractivity contribution in [1.82, 2.24) is 15.1 Å². The molecule has 7 heteroatoms. The third kappa shape index (κ3) is 7.37. The molecule has 0 bridgehead atoms. The smallest absolute Gasteiger partial charge is 0.410 e. The molecule has 1 saturated carbocycles. The number of nitrogens with one attached hydrogen (secondary N) is 1. The van der Waals surface area contributed by atoms with Crippen molar-refractivity contribution in [3.05, 3.63) is 0 Å². The quantitative estimate of drug-likeness (QED) is 0.531. The fraction of sp³-hybridized carbons (Fsp3) is 0.905. The first-order chi connectivity index (χ1) is 13.0. The van der Waals surface area contributed by atoms with Crippen LogP contribution in [0.2, 0.25) is 0 Å². The second-order valence-electron chi connectivity index (χ2n) is 9.66. The molecule has 0 aromatic rings. The molecule has 0 atom stereocenters. The number of rotatable bonds is 6. The minimum absolute atomic E-state index is 0.151. The predicted molar refractivity (Wildman–Crippen MR) is 119 cm³/mol. The van der Waals surface area contributed by atoms with Gasteiger partial charge in [0.05, 0.1) is 0 Å². The van der Waals surface area contributed by atoms with Gasteiger partial charge in [0.15, 0.2) is 5.96 Å². The van der Waals surface area contributed by atoms with Crippen LogP contribution >= 0.6 is 11.8 Å². The summed E-state index contributed by atoms with van der Waals surface area (Å²) in [5, 5.41) is 3.52. The van der Waals surface area contributed by atoms with E-state index in [1.165, 1.54) is 12.8 Å². The van der Waals surface area contributed by atoms with Crippen LogP contribution in [0.25, 0.3) is 0 Å². The van der Waals surface area contributed by atoms with Gasteiger partial charge in [-0.15, -0.1) is 0 Å². The van der Waals surface area contributed by atoms with E-state index in [0.717, 1.165) is 45.0 Å². The number of piperidine rings is 1. The minimum Gasteiger partial charge on any atom is -0.444 e. The van der Waals surface area contributed by atoms with Crippen molar-refractivity contribution < 1.29 is 9.53 Å². The largest absolute Gasteiger partial charge is 0.444 e. The number of likely N-dealkylation sites (tertiary alicyclic amines) is 1. The lowest BCUT2D eigenvalue weighted by molar-refractivity contribution is 0.00928. The zero-order chi connectivity index (χ0) is 20.9. The fourth-order valence-corrected chi connectivity index (χ4v) is 3.57. The van der Waals surface area contributed by atoms with E-state index in [1.54, 1.807) is 0 Å². The Bertz CT molecular complexity index is 547. The van der Waals surface area contributed by atoms with Gasteiger partial charge in [-0.05, 0) is 72.5 Å². The Morgan fingerprint density at radius 1 is 1.18 bits per heavy atom. The Kier molecular flexibility index (Phi) is 7.94. The van der Waals surface area contributed by atoms with Crippen LogP contribution in [-0.4, -0.2) is 77.7 Å². The third-order valence-electron chi connectivity index (χ3n) is 5.42. The number of hydrogen-bond acceptors (Lipinski definition) is 4. The lowest BCUT2D eigenvalue weighted by Gasteiger charge is -2.40. The summed E-state index contributed by atoms with van der Waals surface area (Å²) in [6.45, 7) is 13.8. The lowest BCUT2D eigenvalue weighted by Crippen LogP contribution is -2.53. The lowest BCUT2D eigenvalue weighted by atomic mass is 10.0. The standard InChI is InChI=1S/C21H40N4O2S/c1-20(2,3)27-19(26)25(14-16-8-9-16)17-10-12-24(13-11-17)18(22-6)23-15-21(4,5)28-7/h16-17H,8-15H2,1-7H3,(H,22,23). The summed E-state index contributed by atoms with van der Waals surface area (Å²) in [6, 6.07) is 0.257. The molecule has 28 heavy (non-hydrogen) atoms. The Morgan fingerprint density at radius 2 is 1.79 bits per heavy atom. The molecule has 1 aliphatic heterocycles. The van der Waals surface area contributed by atoms with Gasteiger partial charge < -0.3 is 19.9 Å². The molecular weight excluding hydrogens is 372 g/mol. The number of hydrogen-bond donors (Lipinski definition) is 1. The van der Waals surface area contributed by atoms with Crippen LogP contribution in [0.3, 0.4) is 0 Å². The summed E-state index contributed by atoms with van der Waals surface area (Å²) in [4.78, 5) is 21.6. The molecule has 1 heterocycles. The van der Waals surface area contributed by atoms with Crippen LogP contribution in [0.4, 0.5) is 4.79 Å². The molecule has 0 aromatic carbocycles. The van der Waals surface area contributed by atoms with E-state index in [1.807, 2.05) is 44.5 Å². The molecule has 1 N–H and O–H groups in total. The van der Waals surface area contributed by atoms with Crippen molar-refractivity contribution >= 4 is 23.8 Å². The maximum absolute atomic E-state index is 12.8. The van der Waals surface area contributed by atoms with Crippen LogP contribution in [-0.2, 0) is 4.74 Å². The average molecular weight is 413 g/mol. The molecule has 0 aromatic heterocycles. The number of ether oxygens (including phenoxy) is 1. The molecule has 162 valence electrons.